The van der Waals surface area contributed by atoms with Gasteiger partial charge in [-0.1, -0.05) is 117 Å². The summed E-state index contributed by atoms with van der Waals surface area (Å²) in [6.45, 7) is 27.5. The molecule has 330 valence electrons. The van der Waals surface area contributed by atoms with Gasteiger partial charge in [0.2, 0.25) is 0 Å². The zero-order valence-electron chi connectivity index (χ0n) is 37.6. The van der Waals surface area contributed by atoms with Crippen LogP contribution in [0.15, 0.2) is 65.7 Å². The van der Waals surface area contributed by atoms with Gasteiger partial charge in [-0.15, -0.1) is 0 Å². The van der Waals surface area contributed by atoms with Crippen molar-refractivity contribution in [3.8, 4) is 0 Å². The highest BCUT2D eigenvalue weighted by Crippen LogP contribution is 2.23. The van der Waals surface area contributed by atoms with Crippen LogP contribution in [0, 0.1) is 11.6 Å². The molecule has 1 aliphatic rings. The summed E-state index contributed by atoms with van der Waals surface area (Å²) in [5.74, 6) is -0.752. The number of carboxylic acid groups (broad SMARTS) is 1. The normalized spacial score (nSPS) is 17.4. The van der Waals surface area contributed by atoms with Crippen molar-refractivity contribution in [1.29, 1.82) is 0 Å². The zero-order chi connectivity index (χ0) is 45.4. The van der Waals surface area contributed by atoms with Crippen molar-refractivity contribution in [3.63, 3.8) is 0 Å². The van der Waals surface area contributed by atoms with Crippen LogP contribution in [0.2, 0.25) is 0 Å². The topological polar surface area (TPSA) is 146 Å². The van der Waals surface area contributed by atoms with Gasteiger partial charge in [-0.3, -0.25) is 14.6 Å². The predicted octanol–water partition coefficient (Wildman–Crippen LogP) is 10.5. The third-order valence-corrected chi connectivity index (χ3v) is 8.76. The molecule has 3 rings (SSSR count). The number of ketones is 1. The Hall–Kier alpha value is -3.87. The number of unbranched alkanes of at least 4 members (excludes halogenated alkanes) is 1. The molecule has 0 amide bonds. The number of ether oxygens (including phenoxy) is 2. The number of nitrogens with zero attached hydrogens (tertiary/aromatic N) is 1. The summed E-state index contributed by atoms with van der Waals surface area (Å²) < 4.78 is 37.1. The molecule has 2 aromatic carbocycles. The number of rotatable bonds is 13. The predicted molar refractivity (Wildman–Crippen MR) is 236 cm³/mol. The lowest BCUT2D eigenvalue weighted by Gasteiger charge is -2.36. The lowest BCUT2D eigenvalue weighted by atomic mass is 9.94. The summed E-state index contributed by atoms with van der Waals surface area (Å²) in [6.07, 6.45) is 7.13. The number of carbonyl (C=O) groups is 2. The lowest BCUT2D eigenvalue weighted by molar-refractivity contribution is -0.256. The Morgan fingerprint density at radius 1 is 1.00 bits per heavy atom. The number of hydrogen-bond acceptors (Lipinski definition) is 8. The number of aliphatic hydroxyl groups excluding tert-OH is 3. The van der Waals surface area contributed by atoms with Gasteiger partial charge < -0.3 is 29.9 Å². The van der Waals surface area contributed by atoms with Crippen molar-refractivity contribution in [2.45, 2.75) is 152 Å². The number of halogens is 2. The summed E-state index contributed by atoms with van der Waals surface area (Å²) >= 11 is 0. The Morgan fingerprint density at radius 2 is 1.57 bits per heavy atom. The van der Waals surface area contributed by atoms with E-state index in [9.17, 15) is 23.8 Å². The number of Topliss-reactive ketones (excluding diaryl/α,β-unsaturated/α-hetero) is 1. The van der Waals surface area contributed by atoms with Crippen LogP contribution in [-0.4, -0.2) is 83.3 Å². The first-order valence-electron chi connectivity index (χ1n) is 20.3. The monoisotopic (exact) mass is 820 g/mol. The quantitative estimate of drug-likeness (QED) is 0.0514. The fourth-order valence-electron chi connectivity index (χ4n) is 4.99. The number of hydrogen-bond donors (Lipinski definition) is 4. The van der Waals surface area contributed by atoms with E-state index in [2.05, 4.69) is 64.4 Å². The minimum Gasteiger partial charge on any atom is -0.483 e. The van der Waals surface area contributed by atoms with E-state index >= 15 is 0 Å². The molecule has 0 aromatic heterocycles. The van der Waals surface area contributed by atoms with Gasteiger partial charge in [0.15, 0.2) is 23.7 Å². The van der Waals surface area contributed by atoms with Gasteiger partial charge in [-0.25, -0.2) is 8.78 Å². The second kappa shape index (κ2) is 35.1. The standard InChI is InChI=1S/C14H20O.C11H12F2.C10H20O5.C9H15N.C2H6.CH2O2/c1-5-11-9-12(10(3)4)7-8-13(11)14(15)6-2;1-4-8-5-6-9(7(2)3)11(13)10(8)12;1-2-3-4-14-9-5-7(12)10(13)8(6-11)15-9;1-5-6-7-8(2)9(3)10-4;1-2;2-1-3/h7-10H,5-6H2,1-4H3;5-6H,2,4H2,1,3H3;7-13H,2-6H2,1H3;5-7H,1-4H3;1-2H3;1H,(H,2,3)/b;;;6-5-,8-7-,10-9?;;. The summed E-state index contributed by atoms with van der Waals surface area (Å²) in [6, 6.07) is 9.41. The third kappa shape index (κ3) is 22.9. The molecule has 11 heteroatoms. The fraction of sp³-hybridized carbons (Fsp3) is 0.553. The van der Waals surface area contributed by atoms with Crippen LogP contribution in [0.1, 0.15) is 147 Å². The Kier molecular flexibility index (Phi) is 35.4. The van der Waals surface area contributed by atoms with Gasteiger partial charge in [-0.2, -0.15) is 0 Å². The summed E-state index contributed by atoms with van der Waals surface area (Å²) in [5, 5.41) is 34.7. The molecule has 1 heterocycles. The molecule has 0 bridgehead atoms. The first-order valence-corrected chi connectivity index (χ1v) is 20.3. The van der Waals surface area contributed by atoms with E-state index in [1.807, 2.05) is 59.9 Å². The van der Waals surface area contributed by atoms with Gasteiger partial charge in [0.1, 0.15) is 12.2 Å². The fourth-order valence-corrected chi connectivity index (χ4v) is 4.99. The smallest absolute Gasteiger partial charge is 0.290 e. The minimum atomic E-state index is -1.03. The van der Waals surface area contributed by atoms with E-state index in [-0.39, 0.29) is 30.8 Å². The molecule has 1 fully saturated rings. The number of benzene rings is 2. The number of aliphatic hydroxyl groups is 3. The van der Waals surface area contributed by atoms with Crippen LogP contribution in [0.3, 0.4) is 0 Å². The van der Waals surface area contributed by atoms with E-state index < -0.39 is 36.2 Å². The van der Waals surface area contributed by atoms with Gasteiger partial charge in [0.25, 0.3) is 6.47 Å². The molecular formula is C47H75F2NO8. The van der Waals surface area contributed by atoms with E-state index in [1.54, 1.807) is 26.0 Å². The number of aliphatic imine (C=N–C) groups is 1. The molecule has 0 spiro atoms. The molecule has 0 radical (unpaired) electrons. The molecule has 58 heavy (non-hydrogen) atoms. The van der Waals surface area contributed by atoms with Crippen LogP contribution < -0.4 is 0 Å². The summed E-state index contributed by atoms with van der Waals surface area (Å²) in [4.78, 5) is 24.1. The van der Waals surface area contributed by atoms with E-state index in [0.29, 0.717) is 36.5 Å². The highest BCUT2D eigenvalue weighted by Gasteiger charge is 2.36. The second-order valence-corrected chi connectivity index (χ2v) is 13.3. The maximum absolute atomic E-state index is 13.3. The van der Waals surface area contributed by atoms with E-state index in [1.165, 1.54) is 16.7 Å². The van der Waals surface area contributed by atoms with E-state index in [0.717, 1.165) is 30.5 Å². The molecule has 1 saturated heterocycles. The van der Waals surface area contributed by atoms with Crippen molar-refractivity contribution in [1.82, 2.24) is 0 Å². The van der Waals surface area contributed by atoms with Gasteiger partial charge >= 0.3 is 0 Å². The maximum Gasteiger partial charge on any atom is 0.290 e. The van der Waals surface area contributed by atoms with Crippen molar-refractivity contribution in [3.05, 3.63) is 100 Å². The van der Waals surface area contributed by atoms with Crippen LogP contribution in [0.5, 0.6) is 0 Å². The van der Waals surface area contributed by atoms with Crippen LogP contribution in [0.25, 0.3) is 5.57 Å². The molecule has 2 aromatic rings. The van der Waals surface area contributed by atoms with Crippen LogP contribution in [-0.2, 0) is 27.1 Å². The molecule has 1 aliphatic heterocycles. The lowest BCUT2D eigenvalue weighted by Crippen LogP contribution is -2.50. The molecular weight excluding hydrogens is 745 g/mol. The van der Waals surface area contributed by atoms with Crippen LogP contribution in [0.4, 0.5) is 8.78 Å². The Labute approximate surface area is 348 Å². The largest absolute Gasteiger partial charge is 0.483 e. The van der Waals surface area contributed by atoms with Gasteiger partial charge in [0.05, 0.1) is 12.7 Å². The van der Waals surface area contributed by atoms with Crippen molar-refractivity contribution in [2.24, 2.45) is 4.99 Å². The van der Waals surface area contributed by atoms with E-state index in [4.69, 9.17) is 24.5 Å². The second-order valence-electron chi connectivity index (χ2n) is 13.3. The first-order chi connectivity index (χ1) is 27.5. The van der Waals surface area contributed by atoms with Crippen LogP contribution >= 0.6 is 0 Å². The SMILES string of the molecule is C/C=C\C=C(\C)C(C)=NC.C=C(C)c1ccc(CC)c(F)c1F.CC.CCC(=O)c1ccc(C(C)C)cc1CC.CCCCOC1CC(O)C(O)C(CO)O1.O=CO. The Morgan fingerprint density at radius 3 is 2.02 bits per heavy atom. The number of aryl methyl sites for hydroxylation is 2. The maximum atomic E-state index is 13.3. The molecule has 4 unspecified atom stereocenters. The Bertz CT molecular complexity index is 1540. The highest BCUT2D eigenvalue weighted by atomic mass is 19.2. The summed E-state index contributed by atoms with van der Waals surface area (Å²) in [5.41, 5.74) is 6.94. The van der Waals surface area contributed by atoms with Gasteiger partial charge in [0, 0.05) is 43.3 Å². The van der Waals surface area contributed by atoms with Crippen molar-refractivity contribution < 1.29 is 48.3 Å². The molecule has 4 N–H and O–H groups in total. The highest BCUT2D eigenvalue weighted by molar-refractivity contribution is 5.98. The Balaban J connectivity index is -0.000000676. The molecule has 4 atom stereocenters. The first kappa shape index (κ1) is 58.4. The molecule has 0 aliphatic carbocycles. The minimum absolute atomic E-state index is 0.250. The molecule has 9 nitrogen and oxygen atoms in total. The third-order valence-electron chi connectivity index (χ3n) is 8.76. The average Bonchev–Trinajstić information content (AvgIpc) is 3.22. The number of allylic oxidation sites excluding steroid dienone is 5. The van der Waals surface area contributed by atoms with Gasteiger partial charge in [-0.05, 0) is 80.7 Å². The zero-order valence-corrected chi connectivity index (χ0v) is 37.6. The van der Waals surface area contributed by atoms with Crippen molar-refractivity contribution >= 4 is 23.5 Å². The average molecular weight is 820 g/mol. The number of carbonyl (C=O) groups excluding carboxylic acids is 1. The summed E-state index contributed by atoms with van der Waals surface area (Å²) in [7, 11) is 1.81. The van der Waals surface area contributed by atoms with Crippen molar-refractivity contribution in [2.75, 3.05) is 20.3 Å². The molecule has 0 saturated carbocycles.